The molecule has 10 heteroatoms. The summed E-state index contributed by atoms with van der Waals surface area (Å²) in [5.41, 5.74) is 13.3. The monoisotopic (exact) mass is 449 g/mol. The Kier molecular flexibility index (Phi) is 4.87. The quantitative estimate of drug-likeness (QED) is 0.361. The molecule has 3 aromatic heterocycles. The average Bonchev–Trinajstić information content (AvgIpc) is 3.32. The van der Waals surface area contributed by atoms with Crippen molar-refractivity contribution >= 4 is 33.7 Å². The summed E-state index contributed by atoms with van der Waals surface area (Å²) in [6.45, 7) is 1.99. The molecule has 0 saturated heterocycles. The van der Waals surface area contributed by atoms with Gasteiger partial charge in [0.1, 0.15) is 23.9 Å². The summed E-state index contributed by atoms with van der Waals surface area (Å²) >= 11 is 0. The Hall–Kier alpha value is -3.50. The number of aliphatic hydroxyl groups is 2. The van der Waals surface area contributed by atoms with Crippen molar-refractivity contribution < 1.29 is 10.2 Å². The van der Waals surface area contributed by atoms with Crippen LogP contribution >= 0.6 is 0 Å². The highest BCUT2D eigenvalue weighted by Crippen LogP contribution is 2.48. The standard InChI is InChI=1S/C23H27N7O3/c1-23(7-5-12-3-4-13-15(9-12)28-22(25)29(2)21(13)33)10-16(17(31)18(23)32)30-8-6-14-19(24)26-11-27-20(14)30/h3-4,6,8-9,11,16-18,31-32H,5,7,10H2,1-2H3,(H2,25,28)(H2,24,26,27)/t16-,17+,18+,23+/m1/s1. The number of benzene rings is 1. The van der Waals surface area contributed by atoms with Gasteiger partial charge in [0.25, 0.3) is 5.56 Å². The van der Waals surface area contributed by atoms with E-state index in [1.807, 2.05) is 35.9 Å². The molecule has 1 aliphatic rings. The highest BCUT2D eigenvalue weighted by Gasteiger charge is 2.50. The van der Waals surface area contributed by atoms with Crippen LogP contribution in [-0.4, -0.2) is 46.5 Å². The normalized spacial score (nSPS) is 25.3. The number of hydrogen-bond acceptors (Lipinski definition) is 8. The lowest BCUT2D eigenvalue weighted by molar-refractivity contribution is -0.0241. The number of nitrogens with two attached hydrogens (primary N) is 2. The predicted octanol–water partition coefficient (Wildman–Crippen LogP) is 1.15. The van der Waals surface area contributed by atoms with E-state index in [1.165, 1.54) is 10.9 Å². The van der Waals surface area contributed by atoms with Crippen LogP contribution in [0.3, 0.4) is 0 Å². The molecule has 0 amide bonds. The topological polar surface area (TPSA) is 158 Å². The van der Waals surface area contributed by atoms with Gasteiger partial charge in [-0.25, -0.2) is 15.0 Å². The number of nitrogens with zero attached hydrogens (tertiary/aromatic N) is 5. The maximum absolute atomic E-state index is 12.4. The lowest BCUT2D eigenvalue weighted by atomic mass is 9.80. The van der Waals surface area contributed by atoms with E-state index in [0.29, 0.717) is 41.6 Å². The van der Waals surface area contributed by atoms with Gasteiger partial charge in [0.2, 0.25) is 5.95 Å². The summed E-state index contributed by atoms with van der Waals surface area (Å²) in [6, 6.07) is 7.03. The fourth-order valence-corrected chi connectivity index (χ4v) is 5.03. The molecule has 1 aliphatic carbocycles. The minimum Gasteiger partial charge on any atom is -0.390 e. The van der Waals surface area contributed by atoms with Gasteiger partial charge in [-0.2, -0.15) is 0 Å². The molecule has 0 aliphatic heterocycles. The first-order valence-corrected chi connectivity index (χ1v) is 10.9. The van der Waals surface area contributed by atoms with Crippen LogP contribution in [0.4, 0.5) is 11.8 Å². The Morgan fingerprint density at radius 2 is 1.97 bits per heavy atom. The number of anilines is 2. The van der Waals surface area contributed by atoms with Crippen molar-refractivity contribution in [3.8, 4) is 0 Å². The number of nitrogen functional groups attached to an aromatic ring is 2. The smallest absolute Gasteiger partial charge is 0.262 e. The Morgan fingerprint density at radius 3 is 2.76 bits per heavy atom. The number of aliphatic hydroxyl groups excluding tert-OH is 2. The zero-order valence-corrected chi connectivity index (χ0v) is 18.5. The van der Waals surface area contributed by atoms with Gasteiger partial charge < -0.3 is 26.2 Å². The predicted molar refractivity (Wildman–Crippen MR) is 125 cm³/mol. The SMILES string of the molecule is Cn1c(N)nc2cc(CC[C@@]3(C)C[C@@H](n4ccc5c(N)ncnc54)[C@H](O)[C@@H]3O)ccc2c1=O. The highest BCUT2D eigenvalue weighted by atomic mass is 16.3. The number of rotatable bonds is 4. The van der Waals surface area contributed by atoms with Crippen LogP contribution in [0.5, 0.6) is 0 Å². The maximum atomic E-state index is 12.4. The lowest BCUT2D eigenvalue weighted by Crippen LogP contribution is -2.35. The Labute approximate surface area is 189 Å². The molecule has 4 aromatic rings. The van der Waals surface area contributed by atoms with Gasteiger partial charge in [0.15, 0.2) is 0 Å². The molecule has 1 saturated carbocycles. The number of fused-ring (bicyclic) bond motifs is 2. The number of aromatic nitrogens is 5. The lowest BCUT2D eigenvalue weighted by Gasteiger charge is -2.28. The molecule has 6 N–H and O–H groups in total. The van der Waals surface area contributed by atoms with Gasteiger partial charge in [-0.15, -0.1) is 0 Å². The van der Waals surface area contributed by atoms with Gasteiger partial charge in [0, 0.05) is 13.2 Å². The Bertz CT molecular complexity index is 1430. The molecule has 3 heterocycles. The second-order valence-electron chi connectivity index (χ2n) is 9.27. The summed E-state index contributed by atoms with van der Waals surface area (Å²) in [5.74, 6) is 0.548. The zero-order valence-electron chi connectivity index (χ0n) is 18.5. The molecule has 5 rings (SSSR count). The molecule has 1 aromatic carbocycles. The average molecular weight is 450 g/mol. The third-order valence-corrected chi connectivity index (χ3v) is 7.17. The first-order chi connectivity index (χ1) is 15.7. The van der Waals surface area contributed by atoms with Crippen molar-refractivity contribution in [3.63, 3.8) is 0 Å². The first kappa shape index (κ1) is 21.4. The molecule has 1 fully saturated rings. The van der Waals surface area contributed by atoms with Crippen LogP contribution in [-0.2, 0) is 13.5 Å². The summed E-state index contributed by atoms with van der Waals surface area (Å²) < 4.78 is 3.20. The third-order valence-electron chi connectivity index (χ3n) is 7.17. The summed E-state index contributed by atoms with van der Waals surface area (Å²) in [4.78, 5) is 25.1. The van der Waals surface area contributed by atoms with Gasteiger partial charge in [0.05, 0.1) is 28.4 Å². The van der Waals surface area contributed by atoms with Gasteiger partial charge in [-0.1, -0.05) is 13.0 Å². The van der Waals surface area contributed by atoms with Crippen molar-refractivity contribution in [2.24, 2.45) is 12.5 Å². The molecule has 0 unspecified atom stereocenters. The van der Waals surface area contributed by atoms with E-state index in [4.69, 9.17) is 11.5 Å². The fourth-order valence-electron chi connectivity index (χ4n) is 5.03. The van der Waals surface area contributed by atoms with E-state index in [-0.39, 0.29) is 17.5 Å². The Balaban J connectivity index is 1.40. The molecule has 0 spiro atoms. The molecule has 0 bridgehead atoms. The largest absolute Gasteiger partial charge is 0.390 e. The molecule has 172 valence electrons. The summed E-state index contributed by atoms with van der Waals surface area (Å²) in [7, 11) is 1.59. The van der Waals surface area contributed by atoms with Crippen LogP contribution in [0, 0.1) is 5.41 Å². The van der Waals surface area contributed by atoms with Crippen LogP contribution < -0.4 is 17.0 Å². The van der Waals surface area contributed by atoms with Crippen molar-refractivity contribution in [1.82, 2.24) is 24.1 Å². The van der Waals surface area contributed by atoms with Crippen molar-refractivity contribution in [3.05, 3.63) is 52.7 Å². The minimum absolute atomic E-state index is 0.164. The molecule has 33 heavy (non-hydrogen) atoms. The van der Waals surface area contributed by atoms with Crippen molar-refractivity contribution in [1.29, 1.82) is 0 Å². The van der Waals surface area contributed by atoms with Crippen LogP contribution in [0.25, 0.3) is 21.9 Å². The maximum Gasteiger partial charge on any atom is 0.262 e. The van der Waals surface area contributed by atoms with Crippen LogP contribution in [0.15, 0.2) is 41.6 Å². The molecular weight excluding hydrogens is 422 g/mol. The van der Waals surface area contributed by atoms with Crippen LogP contribution in [0.2, 0.25) is 0 Å². The van der Waals surface area contributed by atoms with E-state index in [1.54, 1.807) is 13.1 Å². The molecular formula is C23H27N7O3. The van der Waals surface area contributed by atoms with E-state index >= 15 is 0 Å². The minimum atomic E-state index is -0.942. The fraction of sp³-hybridized carbons (Fsp3) is 0.391. The van der Waals surface area contributed by atoms with Gasteiger partial charge in [-0.3, -0.25) is 9.36 Å². The van der Waals surface area contributed by atoms with Crippen molar-refractivity contribution in [2.75, 3.05) is 11.5 Å². The summed E-state index contributed by atoms with van der Waals surface area (Å²) in [5, 5.41) is 23.1. The number of hydrogen-bond donors (Lipinski definition) is 4. The van der Waals surface area contributed by atoms with E-state index in [9.17, 15) is 15.0 Å². The van der Waals surface area contributed by atoms with Crippen molar-refractivity contribution in [2.45, 2.75) is 44.4 Å². The van der Waals surface area contributed by atoms with Crippen LogP contribution in [0.1, 0.15) is 31.4 Å². The molecule has 0 radical (unpaired) electrons. The first-order valence-electron chi connectivity index (χ1n) is 10.9. The molecule has 4 atom stereocenters. The highest BCUT2D eigenvalue weighted by molar-refractivity contribution is 5.86. The zero-order chi connectivity index (χ0) is 23.5. The summed E-state index contributed by atoms with van der Waals surface area (Å²) in [6.07, 6.45) is 3.26. The second-order valence-corrected chi connectivity index (χ2v) is 9.27. The molecule has 10 nitrogen and oxygen atoms in total. The second kappa shape index (κ2) is 7.53. The van der Waals surface area contributed by atoms with Gasteiger partial charge >= 0.3 is 0 Å². The number of aryl methyl sites for hydroxylation is 1. The van der Waals surface area contributed by atoms with E-state index < -0.39 is 17.6 Å². The van der Waals surface area contributed by atoms with E-state index in [0.717, 1.165) is 10.9 Å². The van der Waals surface area contributed by atoms with Gasteiger partial charge in [-0.05, 0) is 48.4 Å². The Morgan fingerprint density at radius 1 is 1.18 bits per heavy atom. The third kappa shape index (κ3) is 3.33. The van der Waals surface area contributed by atoms with E-state index in [2.05, 4.69) is 15.0 Å².